The largest absolute Gasteiger partial charge is 0.384 e. The van der Waals surface area contributed by atoms with Crippen molar-refractivity contribution >= 4 is 5.91 Å². The Kier molecular flexibility index (Phi) is 6.39. The van der Waals surface area contributed by atoms with Gasteiger partial charge in [-0.3, -0.25) is 4.79 Å². The predicted molar refractivity (Wildman–Crippen MR) is 72.6 cm³/mol. The van der Waals surface area contributed by atoms with Crippen molar-refractivity contribution < 1.29 is 9.53 Å². The average molecular weight is 250 g/mol. The summed E-state index contributed by atoms with van der Waals surface area (Å²) < 4.78 is 5.03. The second-order valence-electron chi connectivity index (χ2n) is 4.51. The number of carbonyl (C=O) groups excluding carboxylic acids is 1. The van der Waals surface area contributed by atoms with E-state index in [1.807, 2.05) is 31.2 Å². The Bertz CT molecular complexity index is 380. The molecule has 0 heterocycles. The number of rotatable bonds is 7. The van der Waals surface area contributed by atoms with Crippen LogP contribution in [0, 0.1) is 5.92 Å². The third-order valence-electron chi connectivity index (χ3n) is 2.68. The standard InChI is InChI=1S/C14H22N2O2/c1-11(10-18-2)9-16-14(17)13-5-3-4-12(8-13)6-7-15/h3-5,8,11H,6-7,9-10,15H2,1-2H3,(H,16,17). The number of benzene rings is 1. The van der Waals surface area contributed by atoms with E-state index in [0.717, 1.165) is 12.0 Å². The van der Waals surface area contributed by atoms with Crippen LogP contribution in [0.2, 0.25) is 0 Å². The molecule has 0 radical (unpaired) electrons. The molecule has 3 N–H and O–H groups in total. The number of methoxy groups -OCH3 is 1. The molecule has 1 unspecified atom stereocenters. The fourth-order valence-corrected chi connectivity index (χ4v) is 1.75. The molecular formula is C14H22N2O2. The molecule has 0 fully saturated rings. The van der Waals surface area contributed by atoms with Crippen molar-refractivity contribution in [2.24, 2.45) is 11.7 Å². The van der Waals surface area contributed by atoms with Crippen LogP contribution in [-0.4, -0.2) is 32.7 Å². The van der Waals surface area contributed by atoms with Crippen molar-refractivity contribution in [2.75, 3.05) is 26.8 Å². The summed E-state index contributed by atoms with van der Waals surface area (Å²) in [6, 6.07) is 7.58. The minimum atomic E-state index is -0.0446. The van der Waals surface area contributed by atoms with E-state index in [2.05, 4.69) is 5.32 Å². The Hall–Kier alpha value is -1.39. The van der Waals surface area contributed by atoms with Crippen LogP contribution in [0.25, 0.3) is 0 Å². The molecule has 1 rings (SSSR count). The highest BCUT2D eigenvalue weighted by molar-refractivity contribution is 5.94. The quantitative estimate of drug-likeness (QED) is 0.764. The lowest BCUT2D eigenvalue weighted by molar-refractivity contribution is 0.0934. The lowest BCUT2D eigenvalue weighted by Crippen LogP contribution is -2.29. The molecule has 0 aliphatic rings. The first kappa shape index (κ1) is 14.7. The molecule has 0 saturated carbocycles. The molecule has 0 bridgehead atoms. The van der Waals surface area contributed by atoms with Crippen molar-refractivity contribution in [3.8, 4) is 0 Å². The number of hydrogen-bond acceptors (Lipinski definition) is 3. The van der Waals surface area contributed by atoms with Gasteiger partial charge in [-0.1, -0.05) is 19.1 Å². The third kappa shape index (κ3) is 4.85. The van der Waals surface area contributed by atoms with Crippen molar-refractivity contribution in [1.29, 1.82) is 0 Å². The van der Waals surface area contributed by atoms with Gasteiger partial charge in [-0.2, -0.15) is 0 Å². The van der Waals surface area contributed by atoms with Crippen LogP contribution in [0.15, 0.2) is 24.3 Å². The zero-order valence-corrected chi connectivity index (χ0v) is 11.1. The van der Waals surface area contributed by atoms with Crippen molar-refractivity contribution in [2.45, 2.75) is 13.3 Å². The number of amides is 1. The molecule has 0 aliphatic carbocycles. The van der Waals surface area contributed by atoms with Gasteiger partial charge in [0, 0.05) is 19.2 Å². The highest BCUT2D eigenvalue weighted by Gasteiger charge is 2.08. The number of nitrogens with two attached hydrogens (primary N) is 1. The molecule has 18 heavy (non-hydrogen) atoms. The van der Waals surface area contributed by atoms with Gasteiger partial charge in [-0.25, -0.2) is 0 Å². The van der Waals surface area contributed by atoms with E-state index in [0.29, 0.717) is 31.2 Å². The van der Waals surface area contributed by atoms with E-state index < -0.39 is 0 Å². The first-order valence-corrected chi connectivity index (χ1v) is 6.23. The van der Waals surface area contributed by atoms with E-state index in [1.54, 1.807) is 7.11 Å². The van der Waals surface area contributed by atoms with Crippen molar-refractivity contribution in [1.82, 2.24) is 5.32 Å². The molecule has 0 aromatic heterocycles. The second kappa shape index (κ2) is 7.84. The molecule has 1 aromatic carbocycles. The summed E-state index contributed by atoms with van der Waals surface area (Å²) in [5.74, 6) is 0.267. The number of carbonyl (C=O) groups is 1. The fraction of sp³-hybridized carbons (Fsp3) is 0.500. The molecule has 0 spiro atoms. The third-order valence-corrected chi connectivity index (χ3v) is 2.68. The first-order valence-electron chi connectivity index (χ1n) is 6.23. The lowest BCUT2D eigenvalue weighted by Gasteiger charge is -2.11. The monoisotopic (exact) mass is 250 g/mol. The summed E-state index contributed by atoms with van der Waals surface area (Å²) in [7, 11) is 1.66. The zero-order valence-electron chi connectivity index (χ0n) is 11.1. The number of ether oxygens (including phenoxy) is 1. The van der Waals surface area contributed by atoms with Gasteiger partial charge in [0.05, 0.1) is 6.61 Å². The normalized spacial score (nSPS) is 12.2. The van der Waals surface area contributed by atoms with Crippen LogP contribution in [0.3, 0.4) is 0 Å². The van der Waals surface area contributed by atoms with Gasteiger partial charge in [0.25, 0.3) is 5.91 Å². The van der Waals surface area contributed by atoms with Crippen molar-refractivity contribution in [3.05, 3.63) is 35.4 Å². The van der Waals surface area contributed by atoms with E-state index in [9.17, 15) is 4.79 Å². The van der Waals surface area contributed by atoms with Gasteiger partial charge in [0.15, 0.2) is 0 Å². The average Bonchev–Trinajstić information content (AvgIpc) is 2.37. The van der Waals surface area contributed by atoms with Gasteiger partial charge in [0.2, 0.25) is 0 Å². The summed E-state index contributed by atoms with van der Waals surface area (Å²) in [4.78, 5) is 11.9. The topological polar surface area (TPSA) is 64.3 Å². The molecule has 100 valence electrons. The van der Waals surface area contributed by atoms with E-state index in [4.69, 9.17) is 10.5 Å². The maximum Gasteiger partial charge on any atom is 0.251 e. The van der Waals surface area contributed by atoms with Crippen LogP contribution in [-0.2, 0) is 11.2 Å². The highest BCUT2D eigenvalue weighted by atomic mass is 16.5. The van der Waals surface area contributed by atoms with Crippen LogP contribution < -0.4 is 11.1 Å². The number of hydrogen-bond donors (Lipinski definition) is 2. The molecule has 4 nitrogen and oxygen atoms in total. The van der Waals surface area contributed by atoms with Gasteiger partial charge < -0.3 is 15.8 Å². The van der Waals surface area contributed by atoms with Crippen LogP contribution in [0.5, 0.6) is 0 Å². The Labute approximate surface area is 109 Å². The SMILES string of the molecule is COCC(C)CNC(=O)c1cccc(CCN)c1. The molecule has 1 atom stereocenters. The zero-order chi connectivity index (χ0) is 13.4. The molecule has 1 aromatic rings. The van der Waals surface area contributed by atoms with Gasteiger partial charge in [-0.15, -0.1) is 0 Å². The first-order chi connectivity index (χ1) is 8.67. The van der Waals surface area contributed by atoms with Gasteiger partial charge in [-0.05, 0) is 36.6 Å². The smallest absolute Gasteiger partial charge is 0.251 e. The van der Waals surface area contributed by atoms with Gasteiger partial charge in [0.1, 0.15) is 0 Å². The molecule has 0 saturated heterocycles. The second-order valence-corrected chi connectivity index (χ2v) is 4.51. The highest BCUT2D eigenvalue weighted by Crippen LogP contribution is 2.06. The Morgan fingerprint density at radius 1 is 1.50 bits per heavy atom. The summed E-state index contributed by atoms with van der Waals surface area (Å²) >= 11 is 0. The maximum absolute atomic E-state index is 11.9. The molecule has 1 amide bonds. The van der Waals surface area contributed by atoms with Crippen molar-refractivity contribution in [3.63, 3.8) is 0 Å². The van der Waals surface area contributed by atoms with E-state index in [-0.39, 0.29) is 5.91 Å². The van der Waals surface area contributed by atoms with Crippen LogP contribution in [0.1, 0.15) is 22.8 Å². The summed E-state index contributed by atoms with van der Waals surface area (Å²) in [6.45, 7) is 3.89. The Morgan fingerprint density at radius 3 is 2.94 bits per heavy atom. The number of nitrogens with one attached hydrogen (secondary N) is 1. The molecule has 4 heteroatoms. The molecule has 0 aliphatic heterocycles. The summed E-state index contributed by atoms with van der Waals surface area (Å²) in [5.41, 5.74) is 7.28. The fourth-order valence-electron chi connectivity index (χ4n) is 1.75. The maximum atomic E-state index is 11.9. The Morgan fingerprint density at radius 2 is 2.28 bits per heavy atom. The summed E-state index contributed by atoms with van der Waals surface area (Å²) in [5, 5.41) is 2.90. The Balaban J connectivity index is 2.53. The summed E-state index contributed by atoms with van der Waals surface area (Å²) in [6.07, 6.45) is 0.793. The van der Waals surface area contributed by atoms with Crippen LogP contribution in [0.4, 0.5) is 0 Å². The minimum Gasteiger partial charge on any atom is -0.384 e. The molecular weight excluding hydrogens is 228 g/mol. The minimum absolute atomic E-state index is 0.0446. The lowest BCUT2D eigenvalue weighted by atomic mass is 10.1. The van der Waals surface area contributed by atoms with Crippen LogP contribution >= 0.6 is 0 Å². The predicted octanol–water partition coefficient (Wildman–Crippen LogP) is 1.20. The van der Waals surface area contributed by atoms with E-state index in [1.165, 1.54) is 0 Å². The van der Waals surface area contributed by atoms with Gasteiger partial charge >= 0.3 is 0 Å². The van der Waals surface area contributed by atoms with E-state index >= 15 is 0 Å².